The average Bonchev–Trinajstić information content (AvgIpc) is 2.57. The highest BCUT2D eigenvalue weighted by molar-refractivity contribution is 5.50. The third kappa shape index (κ3) is 2.10. The maximum Gasteiger partial charge on any atom is 0.130 e. The first-order valence-electron chi connectivity index (χ1n) is 6.09. The van der Waals surface area contributed by atoms with Crippen LogP contribution in [0.1, 0.15) is 37.7 Å². The quantitative estimate of drug-likeness (QED) is 0.839. The van der Waals surface area contributed by atoms with Crippen LogP contribution in [0.5, 0.6) is 0 Å². The number of rotatable bonds is 1. The largest absolute Gasteiger partial charge is 0.383 e. The van der Waals surface area contributed by atoms with Gasteiger partial charge in [-0.3, -0.25) is 4.98 Å². The molecule has 2 heterocycles. The zero-order valence-electron chi connectivity index (χ0n) is 11.7. The minimum Gasteiger partial charge on any atom is -0.383 e. The molecule has 0 spiro atoms. The van der Waals surface area contributed by atoms with E-state index in [0.29, 0.717) is 5.82 Å². The molecule has 0 atom stereocenters. The highest BCUT2D eigenvalue weighted by atomic mass is 15.3. The fourth-order valence-electron chi connectivity index (χ4n) is 2.00. The predicted octanol–water partition coefficient (Wildman–Crippen LogP) is 2.76. The van der Waals surface area contributed by atoms with Gasteiger partial charge in [-0.1, -0.05) is 20.8 Å². The van der Waals surface area contributed by atoms with Gasteiger partial charge in [0.1, 0.15) is 5.82 Å². The normalized spacial score (nSPS) is 11.8. The van der Waals surface area contributed by atoms with Crippen molar-refractivity contribution in [1.82, 2.24) is 14.8 Å². The Morgan fingerprint density at radius 2 is 1.83 bits per heavy atom. The second kappa shape index (κ2) is 4.12. The van der Waals surface area contributed by atoms with Crippen LogP contribution in [0.25, 0.3) is 5.69 Å². The summed E-state index contributed by atoms with van der Waals surface area (Å²) >= 11 is 0. The molecule has 0 aliphatic carbocycles. The molecule has 0 saturated carbocycles. The lowest BCUT2D eigenvalue weighted by atomic mass is 9.90. The van der Waals surface area contributed by atoms with Crippen LogP contribution in [0.2, 0.25) is 0 Å². The Balaban J connectivity index is 2.56. The monoisotopic (exact) mass is 244 g/mol. The lowest BCUT2D eigenvalue weighted by molar-refractivity contribution is 0.557. The van der Waals surface area contributed by atoms with Crippen molar-refractivity contribution in [2.24, 2.45) is 0 Å². The lowest BCUT2D eigenvalue weighted by Crippen LogP contribution is -2.14. The summed E-state index contributed by atoms with van der Waals surface area (Å²) in [7, 11) is 0. The summed E-state index contributed by atoms with van der Waals surface area (Å²) in [6.45, 7) is 10.4. The molecule has 96 valence electrons. The minimum atomic E-state index is -0.0123. The number of nitrogens with two attached hydrogens (primary N) is 1. The first-order chi connectivity index (χ1) is 8.30. The van der Waals surface area contributed by atoms with Crippen molar-refractivity contribution in [2.75, 3.05) is 5.73 Å². The number of pyridine rings is 1. The summed E-state index contributed by atoms with van der Waals surface area (Å²) in [5.74, 6) is 0.686. The van der Waals surface area contributed by atoms with E-state index in [2.05, 4.69) is 30.9 Å². The summed E-state index contributed by atoms with van der Waals surface area (Å²) in [4.78, 5) is 4.28. The Bertz CT molecular complexity index is 559. The summed E-state index contributed by atoms with van der Waals surface area (Å²) < 4.78 is 1.77. The van der Waals surface area contributed by atoms with Crippen molar-refractivity contribution in [3.8, 4) is 5.69 Å². The van der Waals surface area contributed by atoms with Crippen LogP contribution in [0, 0.1) is 13.8 Å². The van der Waals surface area contributed by atoms with Crippen LogP contribution in [0.15, 0.2) is 18.3 Å². The zero-order chi connectivity index (χ0) is 13.5. The van der Waals surface area contributed by atoms with E-state index in [0.717, 1.165) is 22.6 Å². The highest BCUT2D eigenvalue weighted by Crippen LogP contribution is 2.29. The van der Waals surface area contributed by atoms with Gasteiger partial charge in [-0.15, -0.1) is 0 Å². The van der Waals surface area contributed by atoms with E-state index < -0.39 is 0 Å². The van der Waals surface area contributed by atoms with Crippen LogP contribution >= 0.6 is 0 Å². The van der Waals surface area contributed by atoms with Gasteiger partial charge in [0.15, 0.2) is 0 Å². The molecule has 0 aliphatic rings. The highest BCUT2D eigenvalue weighted by Gasteiger charge is 2.23. The molecule has 0 aromatic carbocycles. The van der Waals surface area contributed by atoms with Gasteiger partial charge in [0.2, 0.25) is 0 Å². The van der Waals surface area contributed by atoms with Gasteiger partial charge in [-0.05, 0) is 26.0 Å². The molecular weight excluding hydrogens is 224 g/mol. The van der Waals surface area contributed by atoms with Gasteiger partial charge in [0.05, 0.1) is 17.6 Å². The molecule has 0 amide bonds. The molecule has 2 rings (SSSR count). The van der Waals surface area contributed by atoms with Gasteiger partial charge in [0, 0.05) is 16.7 Å². The minimum absolute atomic E-state index is 0.0123. The molecule has 2 aromatic rings. The van der Waals surface area contributed by atoms with E-state index in [4.69, 9.17) is 5.73 Å². The van der Waals surface area contributed by atoms with Crippen molar-refractivity contribution in [3.63, 3.8) is 0 Å². The van der Waals surface area contributed by atoms with Crippen LogP contribution < -0.4 is 5.73 Å². The van der Waals surface area contributed by atoms with Crippen molar-refractivity contribution < 1.29 is 0 Å². The predicted molar refractivity (Wildman–Crippen MR) is 73.9 cm³/mol. The van der Waals surface area contributed by atoms with E-state index in [1.165, 1.54) is 0 Å². The Morgan fingerprint density at radius 3 is 2.28 bits per heavy atom. The summed E-state index contributed by atoms with van der Waals surface area (Å²) in [5, 5.41) is 4.63. The first-order valence-corrected chi connectivity index (χ1v) is 6.09. The fourth-order valence-corrected chi connectivity index (χ4v) is 2.00. The maximum absolute atomic E-state index is 6.14. The average molecular weight is 244 g/mol. The number of hydrogen-bond donors (Lipinski definition) is 1. The van der Waals surface area contributed by atoms with E-state index in [1.807, 2.05) is 26.0 Å². The molecule has 4 nitrogen and oxygen atoms in total. The number of aryl methyl sites for hydroxylation is 1. The molecule has 2 N–H and O–H groups in total. The van der Waals surface area contributed by atoms with Gasteiger partial charge in [0.25, 0.3) is 0 Å². The SMILES string of the molecule is Cc1ccc(-n2nc(C(C)(C)C)c(C)c2N)cn1. The summed E-state index contributed by atoms with van der Waals surface area (Å²) in [6, 6.07) is 3.94. The third-order valence-electron chi connectivity index (χ3n) is 3.02. The number of nitrogens with zero attached hydrogens (tertiary/aromatic N) is 3. The standard InChI is InChI=1S/C14H20N4/c1-9-6-7-11(8-16-9)18-13(15)10(2)12(17-18)14(3,4)5/h6-8H,15H2,1-5H3. The molecule has 0 saturated heterocycles. The van der Waals surface area contributed by atoms with Crippen LogP contribution in [0.4, 0.5) is 5.82 Å². The number of nitrogen functional groups attached to an aromatic ring is 1. The van der Waals surface area contributed by atoms with Crippen molar-refractivity contribution >= 4 is 5.82 Å². The zero-order valence-corrected chi connectivity index (χ0v) is 11.7. The van der Waals surface area contributed by atoms with Gasteiger partial charge in [-0.25, -0.2) is 4.68 Å². The molecule has 0 radical (unpaired) electrons. The fraction of sp³-hybridized carbons (Fsp3) is 0.429. The van der Waals surface area contributed by atoms with Crippen molar-refractivity contribution in [3.05, 3.63) is 35.3 Å². The number of anilines is 1. The topological polar surface area (TPSA) is 56.7 Å². The van der Waals surface area contributed by atoms with E-state index >= 15 is 0 Å². The maximum atomic E-state index is 6.14. The molecule has 0 aliphatic heterocycles. The third-order valence-corrected chi connectivity index (χ3v) is 3.02. The Morgan fingerprint density at radius 1 is 1.17 bits per heavy atom. The summed E-state index contributed by atoms with van der Waals surface area (Å²) in [6.07, 6.45) is 1.80. The summed E-state index contributed by atoms with van der Waals surface area (Å²) in [5.41, 5.74) is 10.1. The molecule has 0 unspecified atom stereocenters. The Kier molecular flexibility index (Phi) is 2.89. The van der Waals surface area contributed by atoms with Gasteiger partial charge >= 0.3 is 0 Å². The Labute approximate surface area is 108 Å². The Hall–Kier alpha value is -1.84. The van der Waals surface area contributed by atoms with E-state index in [9.17, 15) is 0 Å². The molecule has 2 aromatic heterocycles. The van der Waals surface area contributed by atoms with Gasteiger partial charge in [-0.2, -0.15) is 5.10 Å². The number of hydrogen-bond acceptors (Lipinski definition) is 3. The smallest absolute Gasteiger partial charge is 0.130 e. The van der Waals surface area contributed by atoms with E-state index in [-0.39, 0.29) is 5.41 Å². The van der Waals surface area contributed by atoms with E-state index in [1.54, 1.807) is 10.9 Å². The second-order valence-corrected chi connectivity index (χ2v) is 5.68. The van der Waals surface area contributed by atoms with Crippen LogP contribution in [-0.2, 0) is 5.41 Å². The molecular formula is C14H20N4. The first kappa shape index (κ1) is 12.6. The number of aromatic nitrogens is 3. The van der Waals surface area contributed by atoms with Gasteiger partial charge < -0.3 is 5.73 Å². The molecule has 4 heteroatoms. The molecule has 18 heavy (non-hydrogen) atoms. The second-order valence-electron chi connectivity index (χ2n) is 5.68. The molecule has 0 bridgehead atoms. The van der Waals surface area contributed by atoms with Crippen LogP contribution in [-0.4, -0.2) is 14.8 Å². The van der Waals surface area contributed by atoms with Crippen LogP contribution in [0.3, 0.4) is 0 Å². The lowest BCUT2D eigenvalue weighted by Gasteiger charge is -2.15. The van der Waals surface area contributed by atoms with Crippen molar-refractivity contribution in [2.45, 2.75) is 40.0 Å². The van der Waals surface area contributed by atoms with Crippen molar-refractivity contribution in [1.29, 1.82) is 0 Å². The molecule has 0 fully saturated rings.